The van der Waals surface area contributed by atoms with Gasteiger partial charge in [0.2, 0.25) is 5.91 Å². The lowest BCUT2D eigenvalue weighted by Gasteiger charge is -2.06. The fourth-order valence-electron chi connectivity index (χ4n) is 1.88. The third-order valence-electron chi connectivity index (χ3n) is 3.00. The SMILES string of the molecule is NC(=NO)c1cccc(CNC(=O)CCc2ccco2)c1. The molecule has 1 heterocycles. The molecular weight excluding hydrogens is 270 g/mol. The van der Waals surface area contributed by atoms with E-state index in [-0.39, 0.29) is 11.7 Å². The summed E-state index contributed by atoms with van der Waals surface area (Å²) in [5.41, 5.74) is 7.01. The van der Waals surface area contributed by atoms with E-state index in [0.29, 0.717) is 24.9 Å². The minimum atomic E-state index is -0.0550. The second-order valence-electron chi connectivity index (χ2n) is 4.54. The molecule has 1 aromatic heterocycles. The standard InChI is InChI=1S/C15H17N3O3/c16-15(18-20)12-4-1-3-11(9-12)10-17-14(19)7-6-13-5-2-8-21-13/h1-5,8-9,20H,6-7,10H2,(H2,16,18)(H,17,19). The molecule has 0 aliphatic rings. The highest BCUT2D eigenvalue weighted by Crippen LogP contribution is 2.06. The Hall–Kier alpha value is -2.76. The van der Waals surface area contributed by atoms with Crippen LogP contribution in [0.25, 0.3) is 0 Å². The van der Waals surface area contributed by atoms with Gasteiger partial charge in [-0.05, 0) is 23.8 Å². The zero-order valence-corrected chi connectivity index (χ0v) is 11.5. The fourth-order valence-corrected chi connectivity index (χ4v) is 1.88. The highest BCUT2D eigenvalue weighted by molar-refractivity contribution is 5.97. The zero-order chi connectivity index (χ0) is 15.1. The van der Waals surface area contributed by atoms with Crippen molar-refractivity contribution in [3.63, 3.8) is 0 Å². The van der Waals surface area contributed by atoms with Crippen molar-refractivity contribution in [2.75, 3.05) is 0 Å². The topological polar surface area (TPSA) is 101 Å². The molecule has 0 aliphatic carbocycles. The summed E-state index contributed by atoms with van der Waals surface area (Å²) in [6.07, 6.45) is 2.53. The Morgan fingerprint density at radius 1 is 1.33 bits per heavy atom. The van der Waals surface area contributed by atoms with Gasteiger partial charge >= 0.3 is 0 Å². The van der Waals surface area contributed by atoms with Crippen LogP contribution in [0.15, 0.2) is 52.2 Å². The average Bonchev–Trinajstić information content (AvgIpc) is 3.04. The largest absolute Gasteiger partial charge is 0.469 e. The molecule has 6 nitrogen and oxygen atoms in total. The number of rotatable bonds is 6. The van der Waals surface area contributed by atoms with Crippen LogP contribution in [-0.4, -0.2) is 17.0 Å². The average molecular weight is 287 g/mol. The lowest BCUT2D eigenvalue weighted by molar-refractivity contribution is -0.121. The zero-order valence-electron chi connectivity index (χ0n) is 11.5. The van der Waals surface area contributed by atoms with E-state index in [1.54, 1.807) is 30.5 Å². The normalized spacial score (nSPS) is 11.3. The predicted molar refractivity (Wildman–Crippen MR) is 77.8 cm³/mol. The van der Waals surface area contributed by atoms with E-state index in [1.165, 1.54) is 0 Å². The molecule has 6 heteroatoms. The van der Waals surface area contributed by atoms with E-state index in [2.05, 4.69) is 10.5 Å². The van der Waals surface area contributed by atoms with Gasteiger partial charge in [0.25, 0.3) is 0 Å². The number of amidine groups is 1. The Kier molecular flexibility index (Phi) is 4.98. The molecule has 0 spiro atoms. The summed E-state index contributed by atoms with van der Waals surface area (Å²) in [4.78, 5) is 11.7. The van der Waals surface area contributed by atoms with Crippen LogP contribution in [0, 0.1) is 0 Å². The first-order valence-corrected chi connectivity index (χ1v) is 6.55. The van der Waals surface area contributed by atoms with Crippen LogP contribution in [0.3, 0.4) is 0 Å². The number of nitrogens with two attached hydrogens (primary N) is 1. The van der Waals surface area contributed by atoms with Crippen LogP contribution in [0.4, 0.5) is 0 Å². The molecule has 1 amide bonds. The maximum atomic E-state index is 11.7. The molecule has 0 saturated heterocycles. The molecule has 0 atom stereocenters. The molecule has 4 N–H and O–H groups in total. The maximum Gasteiger partial charge on any atom is 0.220 e. The number of furan rings is 1. The number of carbonyl (C=O) groups excluding carboxylic acids is 1. The van der Waals surface area contributed by atoms with Crippen LogP contribution in [0.1, 0.15) is 23.3 Å². The van der Waals surface area contributed by atoms with Crippen LogP contribution >= 0.6 is 0 Å². The second-order valence-corrected chi connectivity index (χ2v) is 4.54. The van der Waals surface area contributed by atoms with Gasteiger partial charge in [-0.3, -0.25) is 4.79 Å². The van der Waals surface area contributed by atoms with Crippen molar-refractivity contribution in [1.82, 2.24) is 5.32 Å². The fraction of sp³-hybridized carbons (Fsp3) is 0.200. The van der Waals surface area contributed by atoms with Crippen molar-refractivity contribution in [2.24, 2.45) is 10.9 Å². The van der Waals surface area contributed by atoms with Gasteiger partial charge in [0.1, 0.15) is 5.76 Å². The molecule has 110 valence electrons. The van der Waals surface area contributed by atoms with E-state index in [0.717, 1.165) is 11.3 Å². The van der Waals surface area contributed by atoms with Crippen molar-refractivity contribution in [1.29, 1.82) is 0 Å². The van der Waals surface area contributed by atoms with Crippen molar-refractivity contribution < 1.29 is 14.4 Å². The van der Waals surface area contributed by atoms with Gasteiger partial charge in [-0.1, -0.05) is 23.4 Å². The summed E-state index contributed by atoms with van der Waals surface area (Å²) in [5, 5.41) is 14.4. The summed E-state index contributed by atoms with van der Waals surface area (Å²) in [7, 11) is 0. The molecule has 0 unspecified atom stereocenters. The first-order valence-electron chi connectivity index (χ1n) is 6.55. The monoisotopic (exact) mass is 287 g/mol. The number of benzene rings is 1. The lowest BCUT2D eigenvalue weighted by Crippen LogP contribution is -2.23. The first kappa shape index (κ1) is 14.6. The van der Waals surface area contributed by atoms with Crippen LogP contribution in [-0.2, 0) is 17.8 Å². The molecule has 0 bridgehead atoms. The quantitative estimate of drug-likeness (QED) is 0.325. The number of nitrogens with one attached hydrogen (secondary N) is 1. The van der Waals surface area contributed by atoms with Crippen molar-refractivity contribution >= 4 is 11.7 Å². The Balaban J connectivity index is 1.83. The third kappa shape index (κ3) is 4.38. The summed E-state index contributed by atoms with van der Waals surface area (Å²) < 4.78 is 5.17. The maximum absolute atomic E-state index is 11.7. The highest BCUT2D eigenvalue weighted by atomic mass is 16.4. The minimum Gasteiger partial charge on any atom is -0.469 e. The van der Waals surface area contributed by atoms with Crippen LogP contribution in [0.5, 0.6) is 0 Å². The van der Waals surface area contributed by atoms with E-state index in [4.69, 9.17) is 15.4 Å². The van der Waals surface area contributed by atoms with Gasteiger partial charge in [0.15, 0.2) is 5.84 Å². The predicted octanol–water partition coefficient (Wildman–Crippen LogP) is 1.62. The van der Waals surface area contributed by atoms with Crippen LogP contribution < -0.4 is 11.1 Å². The van der Waals surface area contributed by atoms with Gasteiger partial charge in [-0.15, -0.1) is 0 Å². The number of hydrogen-bond donors (Lipinski definition) is 3. The summed E-state index contributed by atoms with van der Waals surface area (Å²) >= 11 is 0. The van der Waals surface area contributed by atoms with Gasteiger partial charge in [0.05, 0.1) is 6.26 Å². The number of carbonyl (C=O) groups is 1. The van der Waals surface area contributed by atoms with Crippen molar-refractivity contribution in [2.45, 2.75) is 19.4 Å². The molecule has 0 radical (unpaired) electrons. The number of nitrogens with zero attached hydrogens (tertiary/aromatic N) is 1. The first-order chi connectivity index (χ1) is 10.2. The molecule has 21 heavy (non-hydrogen) atoms. The molecular formula is C15H17N3O3. The summed E-state index contributed by atoms with van der Waals surface area (Å²) in [6, 6.07) is 10.8. The van der Waals surface area contributed by atoms with Crippen molar-refractivity contribution in [3.8, 4) is 0 Å². The highest BCUT2D eigenvalue weighted by Gasteiger charge is 2.05. The summed E-state index contributed by atoms with van der Waals surface area (Å²) in [5.74, 6) is 0.778. The third-order valence-corrected chi connectivity index (χ3v) is 3.00. The van der Waals surface area contributed by atoms with E-state index in [9.17, 15) is 4.79 Å². The van der Waals surface area contributed by atoms with Gasteiger partial charge in [-0.2, -0.15) is 0 Å². The molecule has 2 rings (SSSR count). The van der Waals surface area contributed by atoms with E-state index < -0.39 is 0 Å². The molecule has 0 fully saturated rings. The number of oxime groups is 1. The minimum absolute atomic E-state index is 0.0426. The number of hydrogen-bond acceptors (Lipinski definition) is 4. The van der Waals surface area contributed by atoms with Crippen LogP contribution in [0.2, 0.25) is 0 Å². The van der Waals surface area contributed by atoms with Gasteiger partial charge in [0, 0.05) is 24.9 Å². The smallest absolute Gasteiger partial charge is 0.220 e. The molecule has 0 aliphatic heterocycles. The lowest BCUT2D eigenvalue weighted by atomic mass is 10.1. The Morgan fingerprint density at radius 2 is 2.19 bits per heavy atom. The molecule has 0 saturated carbocycles. The number of aryl methyl sites for hydroxylation is 1. The Morgan fingerprint density at radius 3 is 2.90 bits per heavy atom. The second kappa shape index (κ2) is 7.14. The van der Waals surface area contributed by atoms with E-state index >= 15 is 0 Å². The van der Waals surface area contributed by atoms with Gasteiger partial charge in [-0.25, -0.2) is 0 Å². The Labute approximate surface area is 122 Å². The van der Waals surface area contributed by atoms with E-state index in [1.807, 2.05) is 12.1 Å². The number of amides is 1. The molecule has 2 aromatic rings. The molecule has 1 aromatic carbocycles. The van der Waals surface area contributed by atoms with Crippen molar-refractivity contribution in [3.05, 3.63) is 59.5 Å². The Bertz CT molecular complexity index is 621. The van der Waals surface area contributed by atoms with Gasteiger partial charge < -0.3 is 20.7 Å². The summed E-state index contributed by atoms with van der Waals surface area (Å²) in [6.45, 7) is 0.392.